The first-order valence-electron chi connectivity index (χ1n) is 5.60. The molecule has 0 radical (unpaired) electrons. The fourth-order valence-electron chi connectivity index (χ4n) is 1.96. The van der Waals surface area contributed by atoms with Gasteiger partial charge in [0.05, 0.1) is 7.11 Å². The van der Waals surface area contributed by atoms with Gasteiger partial charge in [0.1, 0.15) is 5.75 Å². The van der Waals surface area contributed by atoms with Crippen molar-refractivity contribution in [1.29, 1.82) is 0 Å². The zero-order valence-electron chi connectivity index (χ0n) is 9.98. The van der Waals surface area contributed by atoms with E-state index < -0.39 is 0 Å². The Balaban J connectivity index is 2.43. The van der Waals surface area contributed by atoms with Crippen molar-refractivity contribution >= 4 is 15.9 Å². The highest BCUT2D eigenvalue weighted by Gasteiger charge is 2.13. The number of ether oxygens (including phenoxy) is 1. The lowest BCUT2D eigenvalue weighted by Gasteiger charge is -2.16. The predicted molar refractivity (Wildman–Crippen MR) is 74.7 cm³/mol. The molecule has 0 aliphatic heterocycles. The van der Waals surface area contributed by atoms with E-state index in [1.165, 1.54) is 11.1 Å². The van der Waals surface area contributed by atoms with Crippen molar-refractivity contribution < 1.29 is 4.74 Å². The number of halogens is 1. The average molecular weight is 291 g/mol. The second-order valence-electron chi connectivity index (χ2n) is 4.02. The van der Waals surface area contributed by atoms with Gasteiger partial charge in [-0.3, -0.25) is 0 Å². The van der Waals surface area contributed by atoms with Gasteiger partial charge in [0.2, 0.25) is 0 Å². The number of hydrogen-bond acceptors (Lipinski definition) is 1. The van der Waals surface area contributed by atoms with Gasteiger partial charge >= 0.3 is 0 Å². The summed E-state index contributed by atoms with van der Waals surface area (Å²) in [6.45, 7) is 2.19. The van der Waals surface area contributed by atoms with Crippen LogP contribution in [-0.2, 0) is 0 Å². The Hall–Kier alpha value is -1.28. The summed E-state index contributed by atoms with van der Waals surface area (Å²) >= 11 is 3.51. The highest BCUT2D eigenvalue weighted by atomic mass is 79.9. The fraction of sp³-hybridized carbons (Fsp3) is 0.200. The quantitative estimate of drug-likeness (QED) is 0.802. The Morgan fingerprint density at radius 2 is 1.76 bits per heavy atom. The van der Waals surface area contributed by atoms with E-state index in [2.05, 4.69) is 53.2 Å². The Bertz CT molecular complexity index is 494. The van der Waals surface area contributed by atoms with Crippen LogP contribution in [0.2, 0.25) is 0 Å². The maximum atomic E-state index is 5.42. The lowest BCUT2D eigenvalue weighted by Crippen LogP contribution is -1.99. The van der Waals surface area contributed by atoms with Crippen molar-refractivity contribution in [3.05, 3.63) is 64.1 Å². The fourth-order valence-corrected chi connectivity index (χ4v) is 2.34. The summed E-state index contributed by atoms with van der Waals surface area (Å²) in [5.41, 5.74) is 2.50. The van der Waals surface area contributed by atoms with E-state index >= 15 is 0 Å². The summed E-state index contributed by atoms with van der Waals surface area (Å²) in [5, 5.41) is 0. The number of rotatable bonds is 3. The monoisotopic (exact) mass is 290 g/mol. The molecular weight excluding hydrogens is 276 g/mol. The Morgan fingerprint density at radius 3 is 2.41 bits per heavy atom. The van der Waals surface area contributed by atoms with Crippen molar-refractivity contribution in [2.24, 2.45) is 0 Å². The SMILES string of the molecule is COc1ccc(Br)cc1C(C)c1ccccc1. The lowest BCUT2D eigenvalue weighted by molar-refractivity contribution is 0.408. The molecule has 0 amide bonds. The molecule has 0 heterocycles. The maximum Gasteiger partial charge on any atom is 0.122 e. The molecule has 0 saturated heterocycles. The highest BCUT2D eigenvalue weighted by molar-refractivity contribution is 9.10. The largest absolute Gasteiger partial charge is 0.496 e. The molecule has 1 unspecified atom stereocenters. The van der Waals surface area contributed by atoms with Gasteiger partial charge in [-0.05, 0) is 23.8 Å². The van der Waals surface area contributed by atoms with Crippen molar-refractivity contribution in [2.45, 2.75) is 12.8 Å². The van der Waals surface area contributed by atoms with Gasteiger partial charge in [-0.25, -0.2) is 0 Å². The van der Waals surface area contributed by atoms with Crippen molar-refractivity contribution in [1.82, 2.24) is 0 Å². The molecule has 0 aromatic heterocycles. The van der Waals surface area contributed by atoms with E-state index in [1.54, 1.807) is 7.11 Å². The van der Waals surface area contributed by atoms with Crippen molar-refractivity contribution in [3.8, 4) is 5.75 Å². The van der Waals surface area contributed by atoms with Gasteiger partial charge in [0, 0.05) is 16.0 Å². The second-order valence-corrected chi connectivity index (χ2v) is 4.93. The molecule has 0 spiro atoms. The van der Waals surface area contributed by atoms with Gasteiger partial charge in [-0.1, -0.05) is 53.2 Å². The maximum absolute atomic E-state index is 5.42. The van der Waals surface area contributed by atoms with E-state index in [1.807, 2.05) is 18.2 Å². The van der Waals surface area contributed by atoms with Crippen LogP contribution in [0.3, 0.4) is 0 Å². The summed E-state index contributed by atoms with van der Waals surface area (Å²) in [4.78, 5) is 0. The van der Waals surface area contributed by atoms with Crippen LogP contribution in [0, 0.1) is 0 Å². The molecule has 0 aliphatic carbocycles. The first-order chi connectivity index (χ1) is 8.22. The third-order valence-electron chi connectivity index (χ3n) is 2.96. The van der Waals surface area contributed by atoms with Gasteiger partial charge in [-0.15, -0.1) is 0 Å². The average Bonchev–Trinajstić information content (AvgIpc) is 2.39. The molecule has 0 aliphatic rings. The van der Waals surface area contributed by atoms with Crippen molar-refractivity contribution in [2.75, 3.05) is 7.11 Å². The van der Waals surface area contributed by atoms with Crippen LogP contribution in [0.4, 0.5) is 0 Å². The first-order valence-corrected chi connectivity index (χ1v) is 6.40. The topological polar surface area (TPSA) is 9.23 Å². The molecule has 0 N–H and O–H groups in total. The first kappa shape index (κ1) is 12.2. The Morgan fingerprint density at radius 1 is 1.06 bits per heavy atom. The number of benzene rings is 2. The third-order valence-corrected chi connectivity index (χ3v) is 3.45. The summed E-state index contributed by atoms with van der Waals surface area (Å²) < 4.78 is 6.50. The standard InChI is InChI=1S/C15H15BrO/c1-11(12-6-4-3-5-7-12)14-10-13(16)8-9-15(14)17-2/h3-11H,1-2H3. The normalized spacial score (nSPS) is 12.2. The summed E-state index contributed by atoms with van der Waals surface area (Å²) in [7, 11) is 1.71. The molecule has 1 atom stereocenters. The Labute approximate surface area is 111 Å². The minimum Gasteiger partial charge on any atom is -0.496 e. The second kappa shape index (κ2) is 5.37. The zero-order valence-corrected chi connectivity index (χ0v) is 11.6. The van der Waals surface area contributed by atoms with E-state index in [4.69, 9.17) is 4.74 Å². The van der Waals surface area contributed by atoms with Crippen LogP contribution in [0.15, 0.2) is 53.0 Å². The van der Waals surface area contributed by atoms with Crippen LogP contribution in [0.5, 0.6) is 5.75 Å². The molecule has 88 valence electrons. The predicted octanol–water partition coefficient (Wildman–Crippen LogP) is 4.61. The molecule has 2 rings (SSSR count). The smallest absolute Gasteiger partial charge is 0.122 e. The van der Waals surface area contributed by atoms with E-state index in [-0.39, 0.29) is 0 Å². The molecule has 0 saturated carbocycles. The minimum absolute atomic E-state index is 0.323. The summed E-state index contributed by atoms with van der Waals surface area (Å²) in [5.74, 6) is 1.26. The van der Waals surface area contributed by atoms with Gasteiger partial charge in [-0.2, -0.15) is 0 Å². The van der Waals surface area contributed by atoms with Gasteiger partial charge in [0.25, 0.3) is 0 Å². The molecular formula is C15H15BrO. The minimum atomic E-state index is 0.323. The summed E-state index contributed by atoms with van der Waals surface area (Å²) in [6, 6.07) is 16.6. The molecule has 1 nitrogen and oxygen atoms in total. The number of methoxy groups -OCH3 is 1. The highest BCUT2D eigenvalue weighted by Crippen LogP contribution is 2.33. The lowest BCUT2D eigenvalue weighted by atomic mass is 9.92. The zero-order chi connectivity index (χ0) is 12.3. The van der Waals surface area contributed by atoms with E-state index in [9.17, 15) is 0 Å². The molecule has 2 aromatic carbocycles. The molecule has 2 heteroatoms. The van der Waals surface area contributed by atoms with Crippen LogP contribution >= 0.6 is 15.9 Å². The van der Waals surface area contributed by atoms with E-state index in [0.717, 1.165) is 10.2 Å². The van der Waals surface area contributed by atoms with Crippen LogP contribution in [0.25, 0.3) is 0 Å². The third kappa shape index (κ3) is 2.70. The van der Waals surface area contributed by atoms with Crippen molar-refractivity contribution in [3.63, 3.8) is 0 Å². The van der Waals surface area contributed by atoms with Gasteiger partial charge in [0.15, 0.2) is 0 Å². The number of hydrogen-bond donors (Lipinski definition) is 0. The molecule has 2 aromatic rings. The molecule has 0 bridgehead atoms. The molecule has 17 heavy (non-hydrogen) atoms. The van der Waals surface area contributed by atoms with Gasteiger partial charge < -0.3 is 4.74 Å². The van der Waals surface area contributed by atoms with Crippen LogP contribution < -0.4 is 4.74 Å². The summed E-state index contributed by atoms with van der Waals surface area (Å²) in [6.07, 6.45) is 0. The van der Waals surface area contributed by atoms with E-state index in [0.29, 0.717) is 5.92 Å². The van der Waals surface area contributed by atoms with Crippen LogP contribution in [0.1, 0.15) is 24.0 Å². The molecule has 0 fully saturated rings. The Kier molecular flexibility index (Phi) is 3.85. The van der Waals surface area contributed by atoms with Crippen LogP contribution in [-0.4, -0.2) is 7.11 Å².